The number of benzene rings is 3. The van der Waals surface area contributed by atoms with E-state index in [0.717, 1.165) is 6.54 Å². The Morgan fingerprint density at radius 1 is 0.607 bits per heavy atom. The van der Waals surface area contributed by atoms with Gasteiger partial charge in [-0.25, -0.2) is 0 Å². The van der Waals surface area contributed by atoms with Crippen molar-refractivity contribution in [1.82, 2.24) is 4.57 Å². The van der Waals surface area contributed by atoms with Crippen LogP contribution in [0.3, 0.4) is 0 Å². The molecule has 3 aromatic carbocycles. The first-order valence-corrected chi connectivity index (χ1v) is 10.3. The number of fused-ring (bicyclic) bond motifs is 3. The van der Waals surface area contributed by atoms with Gasteiger partial charge in [-0.1, -0.05) is 96.1 Å². The average molecular weight is 370 g/mol. The molecule has 1 nitrogen and oxygen atoms in total. The Morgan fingerprint density at radius 3 is 1.64 bits per heavy atom. The van der Waals surface area contributed by atoms with Gasteiger partial charge in [0.25, 0.3) is 0 Å². The molecule has 0 aliphatic heterocycles. The zero-order valence-corrected chi connectivity index (χ0v) is 18.0. The van der Waals surface area contributed by atoms with Crippen LogP contribution >= 0.6 is 0 Å². The van der Waals surface area contributed by atoms with E-state index in [1.165, 1.54) is 38.5 Å². The molecule has 144 valence electrons. The predicted molar refractivity (Wildman–Crippen MR) is 122 cm³/mol. The molecule has 0 aliphatic rings. The number of hydrogen-bond donors (Lipinski definition) is 0. The lowest BCUT2D eigenvalue weighted by molar-refractivity contribution is 0.523. The fourth-order valence-electron chi connectivity index (χ4n) is 4.59. The van der Waals surface area contributed by atoms with E-state index in [-0.39, 0.29) is 10.8 Å². The lowest BCUT2D eigenvalue weighted by Crippen LogP contribution is -2.24. The normalized spacial score (nSPS) is 12.8. The molecule has 28 heavy (non-hydrogen) atoms. The van der Waals surface area contributed by atoms with Gasteiger partial charge in [0.1, 0.15) is 0 Å². The van der Waals surface area contributed by atoms with E-state index < -0.39 is 0 Å². The molecule has 4 aromatic rings. The highest BCUT2D eigenvalue weighted by atomic mass is 15.0. The van der Waals surface area contributed by atoms with Crippen LogP contribution in [0.4, 0.5) is 0 Å². The van der Waals surface area contributed by atoms with Crippen LogP contribution in [0.1, 0.15) is 58.2 Å². The summed E-state index contributed by atoms with van der Waals surface area (Å²) in [5, 5.41) is 2.67. The smallest absolute Gasteiger partial charge is 0.0494 e. The van der Waals surface area contributed by atoms with Gasteiger partial charge in [-0.15, -0.1) is 0 Å². The summed E-state index contributed by atoms with van der Waals surface area (Å²) in [7, 11) is 0. The van der Waals surface area contributed by atoms with Crippen molar-refractivity contribution in [3.8, 4) is 0 Å². The Hall–Kier alpha value is -2.54. The first kappa shape index (κ1) is 18.8. The van der Waals surface area contributed by atoms with Gasteiger partial charge < -0.3 is 4.57 Å². The first-order chi connectivity index (χ1) is 13.2. The molecular formula is C27H31N. The molecule has 0 atom stereocenters. The molecule has 0 bridgehead atoms. The quantitative estimate of drug-likeness (QED) is 0.346. The van der Waals surface area contributed by atoms with Crippen LogP contribution < -0.4 is 0 Å². The molecule has 0 fully saturated rings. The van der Waals surface area contributed by atoms with Gasteiger partial charge in [-0.3, -0.25) is 0 Å². The zero-order valence-electron chi connectivity index (χ0n) is 18.0. The van der Waals surface area contributed by atoms with Gasteiger partial charge in [0, 0.05) is 28.4 Å². The van der Waals surface area contributed by atoms with E-state index in [4.69, 9.17) is 0 Å². The second-order valence-electron chi connectivity index (χ2n) is 9.96. The molecule has 1 heterocycles. The standard InChI is InChI=1S/C27H31N/c1-26(2,3)22-15-11-12-19(25(22)27(4,5)6)18-28-23-16-9-7-13-20(23)21-14-8-10-17-24(21)28/h7-17H,18H2,1-6H3. The maximum atomic E-state index is 2.49. The highest BCUT2D eigenvalue weighted by Gasteiger charge is 2.27. The van der Waals surface area contributed by atoms with Crippen molar-refractivity contribution in [2.45, 2.75) is 58.9 Å². The number of aromatic nitrogens is 1. The van der Waals surface area contributed by atoms with Crippen molar-refractivity contribution in [3.05, 3.63) is 83.4 Å². The highest BCUT2D eigenvalue weighted by molar-refractivity contribution is 6.08. The zero-order chi connectivity index (χ0) is 20.1. The fourth-order valence-corrected chi connectivity index (χ4v) is 4.59. The lowest BCUT2D eigenvalue weighted by atomic mass is 9.73. The maximum Gasteiger partial charge on any atom is 0.0494 e. The van der Waals surface area contributed by atoms with Crippen LogP contribution in [-0.4, -0.2) is 4.57 Å². The van der Waals surface area contributed by atoms with Crippen molar-refractivity contribution in [2.24, 2.45) is 0 Å². The van der Waals surface area contributed by atoms with Crippen LogP contribution in [0.5, 0.6) is 0 Å². The lowest BCUT2D eigenvalue weighted by Gasteiger charge is -2.32. The monoisotopic (exact) mass is 369 g/mol. The van der Waals surface area contributed by atoms with Crippen LogP contribution in [-0.2, 0) is 17.4 Å². The van der Waals surface area contributed by atoms with E-state index in [9.17, 15) is 0 Å². The number of nitrogens with zero attached hydrogens (tertiary/aromatic N) is 1. The van der Waals surface area contributed by atoms with Gasteiger partial charge in [0.2, 0.25) is 0 Å². The molecule has 0 amide bonds. The van der Waals surface area contributed by atoms with Gasteiger partial charge in [0.15, 0.2) is 0 Å². The minimum Gasteiger partial charge on any atom is -0.336 e. The molecule has 0 N–H and O–H groups in total. The Kier molecular flexibility index (Phi) is 4.38. The van der Waals surface area contributed by atoms with E-state index in [1.807, 2.05) is 0 Å². The Morgan fingerprint density at radius 2 is 1.14 bits per heavy atom. The van der Waals surface area contributed by atoms with Gasteiger partial charge >= 0.3 is 0 Å². The molecular weight excluding hydrogens is 338 g/mol. The summed E-state index contributed by atoms with van der Waals surface area (Å²) in [5.74, 6) is 0. The number of para-hydroxylation sites is 2. The average Bonchev–Trinajstić information content (AvgIpc) is 2.94. The summed E-state index contributed by atoms with van der Waals surface area (Å²) in [4.78, 5) is 0. The summed E-state index contributed by atoms with van der Waals surface area (Å²) in [5.41, 5.74) is 7.21. The Labute approximate surface area is 169 Å². The van der Waals surface area contributed by atoms with E-state index in [0.29, 0.717) is 0 Å². The largest absolute Gasteiger partial charge is 0.336 e. The number of rotatable bonds is 2. The summed E-state index contributed by atoms with van der Waals surface area (Å²) in [6, 6.07) is 24.4. The van der Waals surface area contributed by atoms with Crippen molar-refractivity contribution >= 4 is 21.8 Å². The van der Waals surface area contributed by atoms with Gasteiger partial charge in [0.05, 0.1) is 0 Å². The van der Waals surface area contributed by atoms with Crippen molar-refractivity contribution < 1.29 is 0 Å². The second-order valence-corrected chi connectivity index (χ2v) is 9.96. The topological polar surface area (TPSA) is 4.93 Å². The van der Waals surface area contributed by atoms with E-state index in [1.54, 1.807) is 0 Å². The third-order valence-corrected chi connectivity index (χ3v) is 5.72. The molecule has 0 spiro atoms. The minimum atomic E-state index is 0.0952. The summed E-state index contributed by atoms with van der Waals surface area (Å²) in [6.07, 6.45) is 0. The molecule has 0 saturated carbocycles. The van der Waals surface area contributed by atoms with Crippen LogP contribution in [0.15, 0.2) is 66.7 Å². The Balaban J connectivity index is 1.98. The SMILES string of the molecule is CC(C)(C)c1cccc(Cn2c3ccccc3c3ccccc32)c1C(C)(C)C. The molecule has 1 heteroatoms. The van der Waals surface area contributed by atoms with Crippen LogP contribution in [0.2, 0.25) is 0 Å². The Bertz CT molecular complexity index is 1090. The number of hydrogen-bond acceptors (Lipinski definition) is 0. The molecule has 0 unspecified atom stereocenters. The van der Waals surface area contributed by atoms with Crippen molar-refractivity contribution in [3.63, 3.8) is 0 Å². The molecule has 4 rings (SSSR count). The second kappa shape index (κ2) is 6.51. The summed E-state index contributed by atoms with van der Waals surface area (Å²) < 4.78 is 2.49. The summed E-state index contributed by atoms with van der Waals surface area (Å²) in [6.45, 7) is 14.9. The molecule has 0 saturated heterocycles. The highest BCUT2D eigenvalue weighted by Crippen LogP contribution is 2.38. The minimum absolute atomic E-state index is 0.0952. The van der Waals surface area contributed by atoms with Gasteiger partial charge in [-0.05, 0) is 39.7 Å². The van der Waals surface area contributed by atoms with Crippen LogP contribution in [0, 0.1) is 0 Å². The molecule has 1 aromatic heterocycles. The fraction of sp³-hybridized carbons (Fsp3) is 0.333. The third-order valence-electron chi connectivity index (χ3n) is 5.72. The summed E-state index contributed by atoms with van der Waals surface area (Å²) >= 11 is 0. The van der Waals surface area contributed by atoms with E-state index >= 15 is 0 Å². The first-order valence-electron chi connectivity index (χ1n) is 10.3. The molecule has 0 radical (unpaired) electrons. The molecule has 0 aliphatic carbocycles. The predicted octanol–water partition coefficient (Wildman–Crippen LogP) is 7.44. The third kappa shape index (κ3) is 3.13. The maximum absolute atomic E-state index is 2.49. The van der Waals surface area contributed by atoms with Gasteiger partial charge in [-0.2, -0.15) is 0 Å². The van der Waals surface area contributed by atoms with E-state index in [2.05, 4.69) is 113 Å². The van der Waals surface area contributed by atoms with Crippen molar-refractivity contribution in [1.29, 1.82) is 0 Å². The van der Waals surface area contributed by atoms with Crippen molar-refractivity contribution in [2.75, 3.05) is 0 Å². The van der Waals surface area contributed by atoms with Crippen LogP contribution in [0.25, 0.3) is 21.8 Å².